The molecular weight excluding hydrogens is 386 g/mol. The largest absolute Gasteiger partial charge is 0.494 e. The molecule has 0 aliphatic carbocycles. The first-order chi connectivity index (χ1) is 14.5. The Hall–Kier alpha value is -4.32. The highest BCUT2D eigenvalue weighted by atomic mass is 16.6. The molecule has 0 spiro atoms. The molecule has 9 nitrogen and oxygen atoms in total. The van der Waals surface area contributed by atoms with E-state index in [1.807, 2.05) is 36.5 Å². The number of nitro benzene ring substituents is 1. The number of carbonyl (C=O) groups is 1. The van der Waals surface area contributed by atoms with E-state index in [9.17, 15) is 20.2 Å². The molecule has 9 heteroatoms. The highest BCUT2D eigenvalue weighted by molar-refractivity contribution is 6.07. The number of nitrogens with one attached hydrogen (secondary N) is 3. The van der Waals surface area contributed by atoms with Crippen LogP contribution in [0.3, 0.4) is 0 Å². The van der Waals surface area contributed by atoms with Gasteiger partial charge in [-0.05, 0) is 24.1 Å². The van der Waals surface area contributed by atoms with Crippen LogP contribution in [0.25, 0.3) is 10.9 Å². The Bertz CT molecular complexity index is 1160. The zero-order valence-electron chi connectivity index (χ0n) is 16.1. The van der Waals surface area contributed by atoms with Crippen LogP contribution in [0.1, 0.15) is 5.56 Å². The second-order valence-corrected chi connectivity index (χ2v) is 6.33. The SMILES string of the molecule is COc1cc([N+](=O)[O-])ccc1NC(=O)/C(C#N)=C\NCCc1c[nH]c2ccccc12. The van der Waals surface area contributed by atoms with Crippen molar-refractivity contribution in [3.8, 4) is 11.8 Å². The lowest BCUT2D eigenvalue weighted by Gasteiger charge is -2.09. The average Bonchev–Trinajstić information content (AvgIpc) is 3.17. The van der Waals surface area contributed by atoms with Gasteiger partial charge in [-0.25, -0.2) is 0 Å². The van der Waals surface area contributed by atoms with E-state index in [0.717, 1.165) is 16.5 Å². The first kappa shape index (κ1) is 20.4. The van der Waals surface area contributed by atoms with Gasteiger partial charge in [0.2, 0.25) is 0 Å². The highest BCUT2D eigenvalue weighted by Gasteiger charge is 2.15. The molecule has 0 saturated carbocycles. The summed E-state index contributed by atoms with van der Waals surface area (Å²) >= 11 is 0. The minimum atomic E-state index is -0.649. The van der Waals surface area contributed by atoms with Crippen molar-refractivity contribution in [3.63, 3.8) is 0 Å². The maximum atomic E-state index is 12.4. The fourth-order valence-corrected chi connectivity index (χ4v) is 2.95. The third kappa shape index (κ3) is 4.56. The molecule has 0 atom stereocenters. The third-order valence-electron chi connectivity index (χ3n) is 4.47. The monoisotopic (exact) mass is 405 g/mol. The van der Waals surface area contributed by atoms with Crippen LogP contribution in [0.15, 0.2) is 60.4 Å². The molecule has 2 aromatic carbocycles. The number of nitro groups is 1. The number of hydrogen-bond acceptors (Lipinski definition) is 6. The number of hydrogen-bond donors (Lipinski definition) is 3. The van der Waals surface area contributed by atoms with E-state index in [4.69, 9.17) is 4.74 Å². The molecule has 0 bridgehead atoms. The number of nitrogens with zero attached hydrogens (tertiary/aromatic N) is 2. The lowest BCUT2D eigenvalue weighted by molar-refractivity contribution is -0.384. The number of non-ortho nitro benzene ring substituents is 1. The molecule has 152 valence electrons. The molecule has 1 amide bonds. The molecule has 0 aliphatic heterocycles. The van der Waals surface area contributed by atoms with Crippen molar-refractivity contribution < 1.29 is 14.5 Å². The average molecular weight is 405 g/mol. The van der Waals surface area contributed by atoms with Crippen LogP contribution in [0.5, 0.6) is 5.75 Å². The number of amides is 1. The van der Waals surface area contributed by atoms with Crippen molar-refractivity contribution in [2.24, 2.45) is 0 Å². The standard InChI is InChI=1S/C21H19N5O4/c1-30-20-10-16(26(28)29)6-7-19(20)25-21(27)15(11-22)12-23-9-8-14-13-24-18-5-3-2-4-17(14)18/h2-7,10,12-13,23-24H,8-9H2,1H3,(H,25,27)/b15-12-. The van der Waals surface area contributed by atoms with Gasteiger partial charge in [-0.3, -0.25) is 14.9 Å². The summed E-state index contributed by atoms with van der Waals surface area (Å²) in [5, 5.41) is 26.8. The second kappa shape index (κ2) is 9.25. The summed E-state index contributed by atoms with van der Waals surface area (Å²) in [6.45, 7) is 0.529. The molecule has 0 aliphatic rings. The van der Waals surface area contributed by atoms with Crippen molar-refractivity contribution in [2.75, 3.05) is 19.0 Å². The predicted molar refractivity (Wildman–Crippen MR) is 112 cm³/mol. The number of para-hydroxylation sites is 1. The Labute approximate surface area is 172 Å². The van der Waals surface area contributed by atoms with Gasteiger partial charge in [-0.2, -0.15) is 5.26 Å². The summed E-state index contributed by atoms with van der Waals surface area (Å²) in [7, 11) is 1.34. The molecule has 30 heavy (non-hydrogen) atoms. The number of nitriles is 1. The van der Waals surface area contributed by atoms with Gasteiger partial charge >= 0.3 is 0 Å². The van der Waals surface area contributed by atoms with Crippen LogP contribution in [-0.4, -0.2) is 29.5 Å². The molecule has 0 unspecified atom stereocenters. The number of rotatable bonds is 8. The van der Waals surface area contributed by atoms with E-state index in [2.05, 4.69) is 15.6 Å². The van der Waals surface area contributed by atoms with Gasteiger partial charge < -0.3 is 20.4 Å². The minimum absolute atomic E-state index is 0.127. The van der Waals surface area contributed by atoms with Gasteiger partial charge in [0, 0.05) is 35.9 Å². The maximum absolute atomic E-state index is 12.4. The van der Waals surface area contributed by atoms with Gasteiger partial charge in [-0.1, -0.05) is 18.2 Å². The first-order valence-corrected chi connectivity index (χ1v) is 9.06. The summed E-state index contributed by atoms with van der Waals surface area (Å²) in [5.41, 5.74) is 2.12. The summed E-state index contributed by atoms with van der Waals surface area (Å²) in [6.07, 6.45) is 3.99. The van der Waals surface area contributed by atoms with E-state index < -0.39 is 10.8 Å². The fraction of sp³-hybridized carbons (Fsp3) is 0.143. The van der Waals surface area contributed by atoms with Crippen LogP contribution < -0.4 is 15.4 Å². The summed E-state index contributed by atoms with van der Waals surface area (Å²) in [4.78, 5) is 25.9. The maximum Gasteiger partial charge on any atom is 0.273 e. The summed E-state index contributed by atoms with van der Waals surface area (Å²) in [6, 6.07) is 13.6. The number of methoxy groups -OCH3 is 1. The Balaban J connectivity index is 1.62. The Morgan fingerprint density at radius 1 is 1.33 bits per heavy atom. The van der Waals surface area contributed by atoms with E-state index in [0.29, 0.717) is 13.0 Å². The van der Waals surface area contributed by atoms with Gasteiger partial charge in [0.05, 0.1) is 23.8 Å². The number of aromatic nitrogens is 1. The van der Waals surface area contributed by atoms with Crippen LogP contribution >= 0.6 is 0 Å². The van der Waals surface area contributed by atoms with Gasteiger partial charge in [0.25, 0.3) is 11.6 Å². The zero-order chi connectivity index (χ0) is 21.5. The van der Waals surface area contributed by atoms with E-state index in [1.165, 1.54) is 31.5 Å². The topological polar surface area (TPSA) is 133 Å². The number of H-pyrrole nitrogens is 1. The number of anilines is 1. The van der Waals surface area contributed by atoms with E-state index >= 15 is 0 Å². The van der Waals surface area contributed by atoms with E-state index in [1.54, 1.807) is 0 Å². The number of carbonyl (C=O) groups excluding carboxylic acids is 1. The second-order valence-electron chi connectivity index (χ2n) is 6.33. The first-order valence-electron chi connectivity index (χ1n) is 9.06. The Morgan fingerprint density at radius 2 is 2.13 bits per heavy atom. The molecule has 3 N–H and O–H groups in total. The number of aromatic amines is 1. The van der Waals surface area contributed by atoms with Crippen LogP contribution in [0.2, 0.25) is 0 Å². The van der Waals surface area contributed by atoms with Crippen LogP contribution in [-0.2, 0) is 11.2 Å². The Kier molecular flexibility index (Phi) is 6.29. The van der Waals surface area contributed by atoms with Crippen molar-refractivity contribution >= 4 is 28.2 Å². The van der Waals surface area contributed by atoms with Gasteiger partial charge in [-0.15, -0.1) is 0 Å². The van der Waals surface area contributed by atoms with Crippen LogP contribution in [0, 0.1) is 21.4 Å². The highest BCUT2D eigenvalue weighted by Crippen LogP contribution is 2.29. The molecule has 1 aromatic heterocycles. The van der Waals surface area contributed by atoms with Crippen molar-refractivity contribution in [1.82, 2.24) is 10.3 Å². The lowest BCUT2D eigenvalue weighted by Crippen LogP contribution is -2.18. The minimum Gasteiger partial charge on any atom is -0.494 e. The molecule has 3 aromatic rings. The molecular formula is C21H19N5O4. The third-order valence-corrected chi connectivity index (χ3v) is 4.47. The number of fused-ring (bicyclic) bond motifs is 1. The van der Waals surface area contributed by atoms with E-state index in [-0.39, 0.29) is 22.7 Å². The Morgan fingerprint density at radius 3 is 2.87 bits per heavy atom. The normalized spacial score (nSPS) is 11.0. The molecule has 1 heterocycles. The molecule has 0 saturated heterocycles. The summed E-state index contributed by atoms with van der Waals surface area (Å²) in [5.74, 6) is -0.522. The van der Waals surface area contributed by atoms with Crippen LogP contribution in [0.4, 0.5) is 11.4 Å². The summed E-state index contributed by atoms with van der Waals surface area (Å²) < 4.78 is 5.09. The molecule has 3 rings (SSSR count). The van der Waals surface area contributed by atoms with Crippen molar-refractivity contribution in [1.29, 1.82) is 5.26 Å². The van der Waals surface area contributed by atoms with Crippen molar-refractivity contribution in [3.05, 3.63) is 76.1 Å². The molecule has 0 fully saturated rings. The zero-order valence-corrected chi connectivity index (χ0v) is 16.1. The number of benzene rings is 2. The fourth-order valence-electron chi connectivity index (χ4n) is 2.95. The lowest BCUT2D eigenvalue weighted by atomic mass is 10.1. The van der Waals surface area contributed by atoms with Gasteiger partial charge in [0.15, 0.2) is 0 Å². The predicted octanol–water partition coefficient (Wildman–Crippen LogP) is 3.26. The number of ether oxygens (including phenoxy) is 1. The smallest absolute Gasteiger partial charge is 0.273 e. The molecule has 0 radical (unpaired) electrons. The van der Waals surface area contributed by atoms with Crippen molar-refractivity contribution in [2.45, 2.75) is 6.42 Å². The quantitative estimate of drug-likeness (QED) is 0.173. The van der Waals surface area contributed by atoms with Gasteiger partial charge in [0.1, 0.15) is 17.4 Å².